The molecule has 0 spiro atoms. The van der Waals surface area contributed by atoms with E-state index in [1.54, 1.807) is 4.31 Å². The van der Waals surface area contributed by atoms with Gasteiger partial charge in [-0.3, -0.25) is 0 Å². The zero-order valence-corrected chi connectivity index (χ0v) is 13.2. The molecule has 5 nitrogen and oxygen atoms in total. The average Bonchev–Trinajstić information content (AvgIpc) is 2.40. The number of nitrogens with one attached hydrogen (secondary N) is 2. The van der Waals surface area contributed by atoms with E-state index in [0.29, 0.717) is 19.0 Å². The Morgan fingerprint density at radius 1 is 1.26 bits per heavy atom. The van der Waals surface area contributed by atoms with E-state index >= 15 is 0 Å². The summed E-state index contributed by atoms with van der Waals surface area (Å²) in [5.41, 5.74) is 0. The molecule has 2 rings (SSSR count). The van der Waals surface area contributed by atoms with E-state index in [-0.39, 0.29) is 6.04 Å². The second-order valence-corrected chi connectivity index (χ2v) is 8.36. The molecule has 0 saturated carbocycles. The maximum Gasteiger partial charge on any atom is 0.279 e. The van der Waals surface area contributed by atoms with Crippen molar-refractivity contribution in [1.29, 1.82) is 0 Å². The molecule has 2 heterocycles. The molecule has 19 heavy (non-hydrogen) atoms. The molecule has 0 aromatic heterocycles. The summed E-state index contributed by atoms with van der Waals surface area (Å²) in [6, 6.07) is 0.135. The molecule has 0 amide bonds. The minimum absolute atomic E-state index is 0.135. The van der Waals surface area contributed by atoms with Gasteiger partial charge in [-0.25, -0.2) is 0 Å². The van der Waals surface area contributed by atoms with Crippen molar-refractivity contribution in [2.75, 3.05) is 38.2 Å². The highest BCUT2D eigenvalue weighted by atomic mass is 32.2. The fourth-order valence-corrected chi connectivity index (χ4v) is 5.49. The van der Waals surface area contributed by atoms with Gasteiger partial charge in [-0.15, -0.1) is 0 Å². The van der Waals surface area contributed by atoms with E-state index in [2.05, 4.69) is 10.0 Å². The molecule has 2 fully saturated rings. The molecule has 2 saturated heterocycles. The van der Waals surface area contributed by atoms with Gasteiger partial charge in [0, 0.05) is 19.1 Å². The lowest BCUT2D eigenvalue weighted by Gasteiger charge is -2.33. The topological polar surface area (TPSA) is 61.4 Å². The van der Waals surface area contributed by atoms with E-state index in [1.165, 1.54) is 0 Å². The predicted molar refractivity (Wildman–Crippen MR) is 80.6 cm³/mol. The van der Waals surface area contributed by atoms with Gasteiger partial charge in [-0.2, -0.15) is 29.2 Å². The first kappa shape index (κ1) is 15.6. The Balaban J connectivity index is 1.90. The van der Waals surface area contributed by atoms with Crippen molar-refractivity contribution in [2.24, 2.45) is 5.92 Å². The number of nitrogens with zero attached hydrogens (tertiary/aromatic N) is 1. The summed E-state index contributed by atoms with van der Waals surface area (Å²) in [7, 11) is -1.37. The van der Waals surface area contributed by atoms with Gasteiger partial charge < -0.3 is 5.32 Å². The normalized spacial score (nSPS) is 27.5. The van der Waals surface area contributed by atoms with Gasteiger partial charge in [-0.05, 0) is 56.7 Å². The SMILES string of the molecule is CNCC1CCCN(S(=O)(=O)NC2CCSCC2)C1. The molecule has 2 aliphatic heterocycles. The van der Waals surface area contributed by atoms with Crippen LogP contribution in [0.15, 0.2) is 0 Å². The first-order valence-corrected chi connectivity index (χ1v) is 9.71. The second kappa shape index (κ2) is 7.26. The minimum Gasteiger partial charge on any atom is -0.319 e. The molecule has 0 bridgehead atoms. The van der Waals surface area contributed by atoms with E-state index in [0.717, 1.165) is 43.7 Å². The highest BCUT2D eigenvalue weighted by Gasteiger charge is 2.30. The first-order chi connectivity index (χ1) is 9.12. The van der Waals surface area contributed by atoms with Crippen molar-refractivity contribution in [3.05, 3.63) is 0 Å². The largest absolute Gasteiger partial charge is 0.319 e. The third-order valence-electron chi connectivity index (χ3n) is 3.85. The maximum atomic E-state index is 12.4. The fourth-order valence-electron chi connectivity index (χ4n) is 2.80. The summed E-state index contributed by atoms with van der Waals surface area (Å²) in [5.74, 6) is 2.57. The van der Waals surface area contributed by atoms with Crippen molar-refractivity contribution in [3.63, 3.8) is 0 Å². The lowest BCUT2D eigenvalue weighted by atomic mass is 10.00. The molecular formula is C12H25N3O2S2. The van der Waals surface area contributed by atoms with E-state index in [1.807, 2.05) is 18.8 Å². The molecular weight excluding hydrogens is 282 g/mol. The summed E-state index contributed by atoms with van der Waals surface area (Å²) in [5, 5.41) is 3.15. The Kier molecular flexibility index (Phi) is 5.95. The third-order valence-corrected chi connectivity index (χ3v) is 6.54. The summed E-state index contributed by atoms with van der Waals surface area (Å²) in [4.78, 5) is 0. The second-order valence-electron chi connectivity index (χ2n) is 5.43. The standard InChI is InChI=1S/C12H25N3O2S2/c1-13-9-11-3-2-6-15(10-11)19(16,17)14-12-4-7-18-8-5-12/h11-14H,2-10H2,1H3. The van der Waals surface area contributed by atoms with Gasteiger partial charge in [0.2, 0.25) is 0 Å². The average molecular weight is 307 g/mol. The minimum atomic E-state index is -3.29. The molecule has 0 aromatic carbocycles. The number of hydrogen-bond donors (Lipinski definition) is 2. The van der Waals surface area contributed by atoms with Gasteiger partial charge in [-0.1, -0.05) is 0 Å². The Bertz CT molecular complexity index is 367. The predicted octanol–water partition coefficient (Wildman–Crippen LogP) is 0.648. The van der Waals surface area contributed by atoms with Gasteiger partial charge in [0.05, 0.1) is 0 Å². The van der Waals surface area contributed by atoms with Gasteiger partial charge in [0.1, 0.15) is 0 Å². The zero-order valence-electron chi connectivity index (χ0n) is 11.6. The van der Waals surface area contributed by atoms with E-state index in [9.17, 15) is 8.42 Å². The number of rotatable bonds is 5. The van der Waals surface area contributed by atoms with Crippen LogP contribution in [0.4, 0.5) is 0 Å². The van der Waals surface area contributed by atoms with Crippen LogP contribution in [0.5, 0.6) is 0 Å². The van der Waals surface area contributed by atoms with E-state index < -0.39 is 10.2 Å². The maximum absolute atomic E-state index is 12.4. The van der Waals surface area contributed by atoms with Crippen LogP contribution in [-0.2, 0) is 10.2 Å². The molecule has 7 heteroatoms. The highest BCUT2D eigenvalue weighted by Crippen LogP contribution is 2.21. The van der Waals surface area contributed by atoms with Crippen molar-refractivity contribution in [2.45, 2.75) is 31.7 Å². The molecule has 1 unspecified atom stereocenters. The van der Waals surface area contributed by atoms with Crippen LogP contribution in [-0.4, -0.2) is 57.0 Å². The molecule has 0 radical (unpaired) electrons. The fraction of sp³-hybridized carbons (Fsp3) is 1.00. The summed E-state index contributed by atoms with van der Waals surface area (Å²) in [6.45, 7) is 2.21. The van der Waals surface area contributed by atoms with Gasteiger partial charge in [0.15, 0.2) is 0 Å². The van der Waals surface area contributed by atoms with Crippen LogP contribution in [0.1, 0.15) is 25.7 Å². The Hall–Kier alpha value is 0.180. The van der Waals surface area contributed by atoms with Crippen molar-refractivity contribution in [1.82, 2.24) is 14.3 Å². The monoisotopic (exact) mass is 307 g/mol. The molecule has 0 aromatic rings. The Labute approximate surface area is 121 Å². The summed E-state index contributed by atoms with van der Waals surface area (Å²) < 4.78 is 29.3. The lowest BCUT2D eigenvalue weighted by Crippen LogP contribution is -2.50. The van der Waals surface area contributed by atoms with Gasteiger partial charge >= 0.3 is 0 Å². The summed E-state index contributed by atoms with van der Waals surface area (Å²) >= 11 is 1.91. The van der Waals surface area contributed by atoms with Crippen LogP contribution >= 0.6 is 11.8 Å². The van der Waals surface area contributed by atoms with Crippen LogP contribution in [0.25, 0.3) is 0 Å². The molecule has 2 aliphatic rings. The molecule has 1 atom stereocenters. The van der Waals surface area contributed by atoms with Crippen LogP contribution in [0.2, 0.25) is 0 Å². The summed E-state index contributed by atoms with van der Waals surface area (Å²) in [6.07, 6.45) is 4.00. The third kappa shape index (κ3) is 4.60. The van der Waals surface area contributed by atoms with Crippen molar-refractivity contribution in [3.8, 4) is 0 Å². The highest BCUT2D eigenvalue weighted by molar-refractivity contribution is 7.99. The number of piperidine rings is 1. The van der Waals surface area contributed by atoms with Crippen molar-refractivity contribution < 1.29 is 8.42 Å². The smallest absolute Gasteiger partial charge is 0.279 e. The quantitative estimate of drug-likeness (QED) is 0.783. The molecule has 0 aliphatic carbocycles. The number of thioether (sulfide) groups is 1. The lowest BCUT2D eigenvalue weighted by molar-refractivity contribution is 0.259. The van der Waals surface area contributed by atoms with Crippen molar-refractivity contribution >= 4 is 22.0 Å². The first-order valence-electron chi connectivity index (χ1n) is 7.11. The van der Waals surface area contributed by atoms with Gasteiger partial charge in [0.25, 0.3) is 10.2 Å². The molecule has 2 N–H and O–H groups in total. The molecule has 112 valence electrons. The van der Waals surface area contributed by atoms with Crippen LogP contribution < -0.4 is 10.0 Å². The Morgan fingerprint density at radius 3 is 2.68 bits per heavy atom. The van der Waals surface area contributed by atoms with Crippen LogP contribution in [0.3, 0.4) is 0 Å². The van der Waals surface area contributed by atoms with Crippen LogP contribution in [0, 0.1) is 5.92 Å². The van der Waals surface area contributed by atoms with E-state index in [4.69, 9.17) is 0 Å². The zero-order chi connectivity index (χ0) is 13.7. The Morgan fingerprint density at radius 2 is 2.00 bits per heavy atom. The number of hydrogen-bond acceptors (Lipinski definition) is 4.